The third-order valence-corrected chi connectivity index (χ3v) is 8.36. The molecule has 2 aliphatic rings. The Morgan fingerprint density at radius 1 is 1.07 bits per heavy atom. The fraction of sp³-hybridized carbons (Fsp3) is 0.471. The lowest BCUT2D eigenvalue weighted by Gasteiger charge is -2.36. The van der Waals surface area contributed by atoms with E-state index in [1.807, 2.05) is 37.3 Å². The SMILES string of the molecule is C[C@H](NC(=O)c1c(CN2CCN(C(=O)OC(C)(C)C)CC2=O)c(-c2ccccc2)nc2ccc(F)cc12)C1CCCCC1. The van der Waals surface area contributed by atoms with Gasteiger partial charge in [0.15, 0.2) is 0 Å². The van der Waals surface area contributed by atoms with E-state index in [0.717, 1.165) is 31.2 Å². The van der Waals surface area contributed by atoms with Gasteiger partial charge >= 0.3 is 6.09 Å². The average molecular weight is 589 g/mol. The number of nitrogens with one attached hydrogen (secondary N) is 1. The molecule has 8 nitrogen and oxygen atoms in total. The minimum absolute atomic E-state index is 0.0587. The maximum atomic E-state index is 14.7. The van der Waals surface area contributed by atoms with Crippen LogP contribution in [0, 0.1) is 11.7 Å². The van der Waals surface area contributed by atoms with E-state index in [4.69, 9.17) is 9.72 Å². The van der Waals surface area contributed by atoms with E-state index in [2.05, 4.69) is 5.32 Å². The number of hydrogen-bond acceptors (Lipinski definition) is 5. The second-order valence-electron chi connectivity index (χ2n) is 12.7. The number of rotatable bonds is 6. The highest BCUT2D eigenvalue weighted by Gasteiger charge is 2.33. The number of aromatic nitrogens is 1. The lowest BCUT2D eigenvalue weighted by Crippen LogP contribution is -2.53. The molecule has 2 fully saturated rings. The molecule has 1 saturated heterocycles. The van der Waals surface area contributed by atoms with Crippen molar-refractivity contribution in [2.75, 3.05) is 19.6 Å². The van der Waals surface area contributed by atoms with Crippen molar-refractivity contribution < 1.29 is 23.5 Å². The van der Waals surface area contributed by atoms with Crippen LogP contribution >= 0.6 is 0 Å². The van der Waals surface area contributed by atoms with Crippen molar-refractivity contribution >= 4 is 28.8 Å². The van der Waals surface area contributed by atoms with Crippen LogP contribution in [0.4, 0.5) is 9.18 Å². The molecular weight excluding hydrogens is 547 g/mol. The van der Waals surface area contributed by atoms with E-state index >= 15 is 0 Å². The summed E-state index contributed by atoms with van der Waals surface area (Å²) in [5, 5.41) is 3.63. The molecule has 1 aliphatic carbocycles. The molecule has 1 N–H and O–H groups in total. The zero-order chi connectivity index (χ0) is 30.7. The zero-order valence-corrected chi connectivity index (χ0v) is 25.5. The minimum Gasteiger partial charge on any atom is -0.444 e. The fourth-order valence-electron chi connectivity index (χ4n) is 6.10. The standard InChI is InChI=1S/C34H41FN4O4/c1-22(23-11-7-5-8-12-23)36-32(41)30-26-19-25(35)15-16-28(26)37-31(24-13-9-6-10-14-24)27(30)20-38-17-18-39(21-29(38)40)33(42)43-34(2,3)4/h6,9-10,13-16,19,22-23H,5,7-8,11-12,17-18,20-21H2,1-4H3,(H,36,41)/t22-/m0/s1. The third-order valence-electron chi connectivity index (χ3n) is 8.36. The van der Waals surface area contributed by atoms with Crippen molar-refractivity contribution in [1.29, 1.82) is 0 Å². The Bertz CT molecular complexity index is 1500. The number of carbonyl (C=O) groups excluding carboxylic acids is 3. The summed E-state index contributed by atoms with van der Waals surface area (Å²) < 4.78 is 20.1. The van der Waals surface area contributed by atoms with Crippen LogP contribution in [0.1, 0.15) is 75.7 Å². The number of fused-ring (bicyclic) bond motifs is 1. The first-order valence-corrected chi connectivity index (χ1v) is 15.2. The summed E-state index contributed by atoms with van der Waals surface area (Å²) >= 11 is 0. The molecule has 3 aromatic rings. The van der Waals surface area contributed by atoms with Gasteiger partial charge in [-0.05, 0) is 64.7 Å². The quantitative estimate of drug-likeness (QED) is 0.364. The largest absolute Gasteiger partial charge is 0.444 e. The number of ether oxygens (including phenoxy) is 1. The van der Waals surface area contributed by atoms with Crippen LogP contribution in [0.3, 0.4) is 0 Å². The van der Waals surface area contributed by atoms with Gasteiger partial charge in [-0.15, -0.1) is 0 Å². The molecule has 2 aromatic carbocycles. The van der Waals surface area contributed by atoms with Crippen LogP contribution in [0.25, 0.3) is 22.2 Å². The van der Waals surface area contributed by atoms with Crippen molar-refractivity contribution in [3.63, 3.8) is 0 Å². The normalized spacial score (nSPS) is 17.2. The predicted molar refractivity (Wildman–Crippen MR) is 164 cm³/mol. The van der Waals surface area contributed by atoms with Crippen LogP contribution in [-0.2, 0) is 16.1 Å². The maximum absolute atomic E-state index is 14.7. The van der Waals surface area contributed by atoms with E-state index in [9.17, 15) is 18.8 Å². The number of amides is 3. The van der Waals surface area contributed by atoms with Gasteiger partial charge < -0.3 is 15.0 Å². The second kappa shape index (κ2) is 12.7. The molecule has 1 aliphatic heterocycles. The topological polar surface area (TPSA) is 91.8 Å². The smallest absolute Gasteiger partial charge is 0.410 e. The Labute approximate surface area is 252 Å². The molecule has 2 heterocycles. The summed E-state index contributed by atoms with van der Waals surface area (Å²) in [5.41, 5.74) is 2.06. The molecule has 43 heavy (non-hydrogen) atoms. The first-order chi connectivity index (χ1) is 20.5. The summed E-state index contributed by atoms with van der Waals surface area (Å²) in [4.78, 5) is 48.2. The van der Waals surface area contributed by atoms with Gasteiger partial charge in [0, 0.05) is 42.2 Å². The molecule has 5 rings (SSSR count). The minimum atomic E-state index is -0.676. The van der Waals surface area contributed by atoms with Crippen molar-refractivity contribution in [1.82, 2.24) is 20.1 Å². The van der Waals surface area contributed by atoms with Gasteiger partial charge in [0.05, 0.1) is 16.8 Å². The van der Waals surface area contributed by atoms with Crippen LogP contribution in [-0.4, -0.2) is 64.0 Å². The van der Waals surface area contributed by atoms with Crippen molar-refractivity contribution in [3.05, 3.63) is 65.5 Å². The molecule has 0 bridgehead atoms. The summed E-state index contributed by atoms with van der Waals surface area (Å²) in [6, 6.07) is 13.7. The van der Waals surface area contributed by atoms with Gasteiger partial charge in [-0.3, -0.25) is 14.5 Å². The Morgan fingerprint density at radius 3 is 2.47 bits per heavy atom. The highest BCUT2D eigenvalue weighted by Crippen LogP contribution is 2.33. The predicted octanol–water partition coefficient (Wildman–Crippen LogP) is 6.32. The van der Waals surface area contributed by atoms with Gasteiger partial charge in [-0.1, -0.05) is 49.6 Å². The van der Waals surface area contributed by atoms with E-state index in [0.29, 0.717) is 33.6 Å². The Morgan fingerprint density at radius 2 is 1.79 bits per heavy atom. The second-order valence-corrected chi connectivity index (χ2v) is 12.7. The molecule has 0 spiro atoms. The number of halogens is 1. The number of carbonyl (C=O) groups is 3. The monoisotopic (exact) mass is 588 g/mol. The molecule has 3 amide bonds. The highest BCUT2D eigenvalue weighted by molar-refractivity contribution is 6.09. The van der Waals surface area contributed by atoms with E-state index in [1.54, 1.807) is 31.7 Å². The molecule has 0 radical (unpaired) electrons. The van der Waals surface area contributed by atoms with Crippen LogP contribution in [0.15, 0.2) is 48.5 Å². The first-order valence-electron chi connectivity index (χ1n) is 15.2. The molecule has 9 heteroatoms. The lowest BCUT2D eigenvalue weighted by molar-refractivity contribution is -0.136. The molecule has 1 atom stereocenters. The van der Waals surface area contributed by atoms with E-state index < -0.39 is 17.5 Å². The number of hydrogen-bond donors (Lipinski definition) is 1. The van der Waals surface area contributed by atoms with Gasteiger partial charge in [0.25, 0.3) is 5.91 Å². The van der Waals surface area contributed by atoms with Gasteiger partial charge in [0.2, 0.25) is 5.91 Å². The lowest BCUT2D eigenvalue weighted by atomic mass is 9.84. The van der Waals surface area contributed by atoms with E-state index in [1.165, 1.54) is 23.5 Å². The summed E-state index contributed by atoms with van der Waals surface area (Å²) in [5.74, 6) is -0.660. The van der Waals surface area contributed by atoms with Crippen molar-refractivity contribution in [3.8, 4) is 11.3 Å². The van der Waals surface area contributed by atoms with Crippen LogP contribution < -0.4 is 5.32 Å². The number of nitrogens with zero attached hydrogens (tertiary/aromatic N) is 3. The van der Waals surface area contributed by atoms with E-state index in [-0.39, 0.29) is 44.0 Å². The molecular formula is C34H41FN4O4. The van der Waals surface area contributed by atoms with Gasteiger partial charge in [-0.25, -0.2) is 14.2 Å². The van der Waals surface area contributed by atoms with Crippen molar-refractivity contribution in [2.24, 2.45) is 5.92 Å². The van der Waals surface area contributed by atoms with Crippen LogP contribution in [0.5, 0.6) is 0 Å². The highest BCUT2D eigenvalue weighted by atomic mass is 19.1. The molecule has 1 saturated carbocycles. The van der Waals surface area contributed by atoms with Crippen molar-refractivity contribution in [2.45, 2.75) is 78.0 Å². The summed E-state index contributed by atoms with van der Waals surface area (Å²) in [6.45, 7) is 7.89. The molecule has 1 aromatic heterocycles. The number of benzene rings is 2. The van der Waals surface area contributed by atoms with Crippen LogP contribution in [0.2, 0.25) is 0 Å². The van der Waals surface area contributed by atoms with Gasteiger partial charge in [-0.2, -0.15) is 0 Å². The molecule has 228 valence electrons. The summed E-state index contributed by atoms with van der Waals surface area (Å²) in [6.07, 6.45) is 5.09. The Hall–Kier alpha value is -4.01. The first kappa shape index (κ1) is 30.4. The fourth-order valence-corrected chi connectivity index (χ4v) is 6.10. The Kier molecular flexibility index (Phi) is 8.99. The molecule has 0 unspecified atom stereocenters. The Balaban J connectivity index is 1.54. The number of piperazine rings is 1. The summed E-state index contributed by atoms with van der Waals surface area (Å²) in [7, 11) is 0. The zero-order valence-electron chi connectivity index (χ0n) is 25.5. The maximum Gasteiger partial charge on any atom is 0.410 e. The third kappa shape index (κ3) is 7.14. The average Bonchev–Trinajstić information content (AvgIpc) is 2.97. The van der Waals surface area contributed by atoms with Gasteiger partial charge in [0.1, 0.15) is 18.0 Å². The number of pyridine rings is 1.